The van der Waals surface area contributed by atoms with Crippen LogP contribution in [0.1, 0.15) is 30.5 Å². The first-order valence-corrected chi connectivity index (χ1v) is 13.6. The van der Waals surface area contributed by atoms with Gasteiger partial charge in [0.05, 0.1) is 22.9 Å². The van der Waals surface area contributed by atoms with Gasteiger partial charge in [-0.15, -0.1) is 0 Å². The molecule has 6 nitrogen and oxygen atoms in total. The third-order valence-corrected chi connectivity index (χ3v) is 9.20. The second kappa shape index (κ2) is 9.93. The van der Waals surface area contributed by atoms with Crippen molar-refractivity contribution in [3.05, 3.63) is 102 Å². The molecule has 3 aromatic carbocycles. The Kier molecular flexibility index (Phi) is 6.73. The molecule has 0 radical (unpaired) electrons. The summed E-state index contributed by atoms with van der Waals surface area (Å²) in [7, 11) is -3.70. The molecule has 0 saturated carbocycles. The van der Waals surface area contributed by atoms with Crippen LogP contribution in [-0.2, 0) is 25.9 Å². The molecule has 0 spiro atoms. The Balaban J connectivity index is 1.60. The fourth-order valence-corrected chi connectivity index (χ4v) is 7.50. The van der Waals surface area contributed by atoms with Gasteiger partial charge >= 0.3 is 5.97 Å². The Morgan fingerprint density at radius 3 is 2.14 bits per heavy atom. The zero-order valence-corrected chi connectivity index (χ0v) is 20.6. The molecule has 2 aliphatic heterocycles. The highest BCUT2D eigenvalue weighted by Crippen LogP contribution is 2.46. The number of rotatable bonds is 7. The number of carbonyl (C=O) groups excluding carboxylic acids is 1. The van der Waals surface area contributed by atoms with Crippen molar-refractivity contribution in [1.29, 1.82) is 0 Å². The zero-order valence-electron chi connectivity index (χ0n) is 19.7. The molecule has 2 saturated heterocycles. The van der Waals surface area contributed by atoms with E-state index in [2.05, 4.69) is 34.1 Å². The van der Waals surface area contributed by atoms with E-state index in [0.717, 1.165) is 11.1 Å². The van der Waals surface area contributed by atoms with Gasteiger partial charge in [-0.05, 0) is 36.6 Å². The van der Waals surface area contributed by atoms with E-state index >= 15 is 0 Å². The third kappa shape index (κ3) is 4.51. The lowest BCUT2D eigenvalue weighted by atomic mass is 10.0. The topological polar surface area (TPSA) is 66.9 Å². The molecule has 0 aliphatic carbocycles. The van der Waals surface area contributed by atoms with Gasteiger partial charge in [-0.2, -0.15) is 0 Å². The van der Waals surface area contributed by atoms with Crippen molar-refractivity contribution in [1.82, 2.24) is 9.80 Å². The van der Waals surface area contributed by atoms with Gasteiger partial charge in [-0.25, -0.2) is 8.42 Å². The number of hydrogen-bond acceptors (Lipinski definition) is 6. The van der Waals surface area contributed by atoms with Gasteiger partial charge < -0.3 is 4.74 Å². The van der Waals surface area contributed by atoms with Crippen LogP contribution in [0, 0.1) is 0 Å². The molecule has 35 heavy (non-hydrogen) atoms. The summed E-state index contributed by atoms with van der Waals surface area (Å²) in [5.41, 5.74) is 2.18. The van der Waals surface area contributed by atoms with Crippen LogP contribution in [0.15, 0.2) is 95.9 Å². The Hall–Kier alpha value is -3.00. The highest BCUT2D eigenvalue weighted by molar-refractivity contribution is 7.92. The summed E-state index contributed by atoms with van der Waals surface area (Å²) in [5, 5.41) is -0.753. The van der Waals surface area contributed by atoms with Crippen molar-refractivity contribution in [3.8, 4) is 0 Å². The molecule has 4 atom stereocenters. The highest BCUT2D eigenvalue weighted by atomic mass is 32.2. The van der Waals surface area contributed by atoms with E-state index in [1.165, 1.54) is 0 Å². The van der Waals surface area contributed by atoms with Gasteiger partial charge in [0, 0.05) is 19.1 Å². The lowest BCUT2D eigenvalue weighted by Crippen LogP contribution is -2.46. The van der Waals surface area contributed by atoms with Crippen LogP contribution in [0.4, 0.5) is 0 Å². The second-order valence-electron chi connectivity index (χ2n) is 9.10. The maximum atomic E-state index is 13.9. The summed E-state index contributed by atoms with van der Waals surface area (Å²) in [5.74, 6) is -0.356. The van der Waals surface area contributed by atoms with Crippen LogP contribution in [0.3, 0.4) is 0 Å². The van der Waals surface area contributed by atoms with E-state index in [1.807, 2.05) is 42.5 Å². The molecule has 0 N–H and O–H groups in total. The van der Waals surface area contributed by atoms with Crippen LogP contribution in [-0.4, -0.2) is 54.8 Å². The van der Waals surface area contributed by atoms with Crippen molar-refractivity contribution in [2.75, 3.05) is 13.2 Å². The molecular weight excluding hydrogens is 460 g/mol. The third-order valence-electron chi connectivity index (χ3n) is 7.04. The summed E-state index contributed by atoms with van der Waals surface area (Å²) in [4.78, 5) is 17.8. The van der Waals surface area contributed by atoms with E-state index in [1.54, 1.807) is 31.2 Å². The summed E-state index contributed by atoms with van der Waals surface area (Å²) in [6, 6.07) is 27.9. The normalized spacial score (nSPS) is 24.8. The van der Waals surface area contributed by atoms with E-state index in [4.69, 9.17) is 4.74 Å². The Bertz CT molecular complexity index is 1250. The van der Waals surface area contributed by atoms with Crippen molar-refractivity contribution in [3.63, 3.8) is 0 Å². The van der Waals surface area contributed by atoms with Crippen LogP contribution in [0.2, 0.25) is 0 Å². The summed E-state index contributed by atoms with van der Waals surface area (Å²) in [6.45, 7) is 3.26. The average Bonchev–Trinajstić information content (AvgIpc) is 3.45. The fourth-order valence-electron chi connectivity index (χ4n) is 5.55. The van der Waals surface area contributed by atoms with Crippen molar-refractivity contribution >= 4 is 15.8 Å². The maximum absolute atomic E-state index is 13.9. The van der Waals surface area contributed by atoms with E-state index in [-0.39, 0.29) is 29.9 Å². The predicted molar refractivity (Wildman–Crippen MR) is 134 cm³/mol. The molecule has 3 aromatic rings. The maximum Gasteiger partial charge on any atom is 0.323 e. The smallest absolute Gasteiger partial charge is 0.323 e. The molecule has 182 valence electrons. The Labute approximate surface area is 207 Å². The summed E-state index contributed by atoms with van der Waals surface area (Å²) < 4.78 is 33.3. The number of esters is 1. The molecule has 2 heterocycles. The Morgan fingerprint density at radius 2 is 1.51 bits per heavy atom. The average molecular weight is 491 g/mol. The lowest BCUT2D eigenvalue weighted by molar-refractivity contribution is -0.149. The van der Waals surface area contributed by atoms with E-state index in [9.17, 15) is 13.2 Å². The van der Waals surface area contributed by atoms with Crippen molar-refractivity contribution in [2.45, 2.75) is 48.3 Å². The number of carbonyl (C=O) groups is 1. The molecule has 2 aliphatic rings. The molecule has 0 aromatic heterocycles. The minimum atomic E-state index is -3.70. The van der Waals surface area contributed by atoms with Gasteiger partial charge in [0.25, 0.3) is 0 Å². The van der Waals surface area contributed by atoms with Gasteiger partial charge in [0.2, 0.25) is 0 Å². The first-order valence-electron chi connectivity index (χ1n) is 12.1. The fraction of sp³-hybridized carbons (Fsp3) is 0.321. The highest BCUT2D eigenvalue weighted by Gasteiger charge is 2.58. The summed E-state index contributed by atoms with van der Waals surface area (Å²) in [6.07, 6.45) is -0.241. The van der Waals surface area contributed by atoms with Crippen LogP contribution in [0.5, 0.6) is 0 Å². The molecule has 0 unspecified atom stereocenters. The van der Waals surface area contributed by atoms with Gasteiger partial charge in [-0.3, -0.25) is 14.6 Å². The van der Waals surface area contributed by atoms with E-state index < -0.39 is 27.3 Å². The van der Waals surface area contributed by atoms with Crippen LogP contribution in [0.25, 0.3) is 0 Å². The molecule has 0 amide bonds. The molecule has 2 fully saturated rings. The van der Waals surface area contributed by atoms with Crippen molar-refractivity contribution in [2.24, 2.45) is 0 Å². The SMILES string of the molecule is CCOC(=O)[C@H]1C[C@H](S(=O)(=O)c2ccccc2)[C@@H]2N(Cc3ccccc3)C[C@@H](c3ccccc3)N12. The first-order chi connectivity index (χ1) is 17.0. The minimum absolute atomic E-state index is 0.115. The van der Waals surface area contributed by atoms with Crippen LogP contribution >= 0.6 is 0 Å². The molecule has 5 rings (SSSR count). The van der Waals surface area contributed by atoms with Gasteiger partial charge in [-0.1, -0.05) is 78.9 Å². The quantitative estimate of drug-likeness (QED) is 0.466. The number of ether oxygens (including phenoxy) is 1. The largest absolute Gasteiger partial charge is 0.465 e. The van der Waals surface area contributed by atoms with E-state index in [0.29, 0.717) is 13.1 Å². The summed E-state index contributed by atoms with van der Waals surface area (Å²) >= 11 is 0. The second-order valence-corrected chi connectivity index (χ2v) is 11.3. The van der Waals surface area contributed by atoms with Gasteiger partial charge in [0.1, 0.15) is 6.04 Å². The minimum Gasteiger partial charge on any atom is -0.465 e. The molecule has 7 heteroatoms. The number of benzene rings is 3. The Morgan fingerprint density at radius 1 is 0.914 bits per heavy atom. The lowest BCUT2D eigenvalue weighted by Gasteiger charge is -2.31. The number of sulfone groups is 1. The van der Waals surface area contributed by atoms with Crippen LogP contribution < -0.4 is 0 Å². The molecule has 0 bridgehead atoms. The predicted octanol–water partition coefficient (Wildman–Crippen LogP) is 4.05. The van der Waals surface area contributed by atoms with Crippen molar-refractivity contribution < 1.29 is 17.9 Å². The van der Waals surface area contributed by atoms with Gasteiger partial charge in [0.15, 0.2) is 9.84 Å². The zero-order chi connectivity index (χ0) is 24.4. The monoisotopic (exact) mass is 490 g/mol. The number of hydrogen-bond donors (Lipinski definition) is 0. The number of nitrogens with zero attached hydrogens (tertiary/aromatic N) is 2. The number of fused-ring (bicyclic) bond motifs is 1. The first kappa shape index (κ1) is 23.7. The standard InChI is InChI=1S/C28H30N2O4S/c1-2-34-28(31)24-18-26(35(32,33)23-16-10-5-11-17-23)27-29(19-21-12-6-3-7-13-21)20-25(30(24)27)22-14-8-4-9-15-22/h3-17,24-27H,2,18-20H2,1H3/t24-,25+,26+,27-/m1/s1. The molecular formula is C28H30N2O4S.